The Morgan fingerprint density at radius 1 is 0.600 bits per heavy atom. The summed E-state index contributed by atoms with van der Waals surface area (Å²) in [7, 11) is 5.58. The molecule has 4 N–H and O–H groups in total. The molecule has 4 bridgehead atoms. The lowest BCUT2D eigenvalue weighted by Gasteiger charge is -2.37. The molecule has 8 rings (SSSR count). The third-order valence-electron chi connectivity index (χ3n) is 13.3. The zero-order valence-electron chi connectivity index (χ0n) is 34.8. The zero-order valence-corrected chi connectivity index (χ0v) is 34.8. The van der Waals surface area contributed by atoms with Gasteiger partial charge in [-0.1, -0.05) is 48.5 Å². The van der Waals surface area contributed by atoms with Crippen LogP contribution in [-0.2, 0) is 28.5 Å². The lowest BCUT2D eigenvalue weighted by molar-refractivity contribution is -0.142. The van der Waals surface area contributed by atoms with Gasteiger partial charge in [-0.25, -0.2) is 19.6 Å². The van der Waals surface area contributed by atoms with Gasteiger partial charge in [0, 0.05) is 26.3 Å². The summed E-state index contributed by atoms with van der Waals surface area (Å²) in [6.45, 7) is 3.52. The molecule has 2 aromatic heterocycles. The van der Waals surface area contributed by atoms with Crippen LogP contribution in [-0.4, -0.2) is 119 Å². The number of alkyl carbamates (subject to hydrolysis) is 2. The molecule has 2 aliphatic carbocycles. The van der Waals surface area contributed by atoms with Gasteiger partial charge in [-0.15, -0.1) is 0 Å². The van der Waals surface area contributed by atoms with Gasteiger partial charge >= 0.3 is 12.2 Å². The molecule has 4 amide bonds. The number of methoxy groups -OCH3 is 4. The van der Waals surface area contributed by atoms with Crippen LogP contribution in [0.15, 0.2) is 60.9 Å². The maximum absolute atomic E-state index is 14.0. The van der Waals surface area contributed by atoms with E-state index in [-0.39, 0.29) is 47.8 Å². The van der Waals surface area contributed by atoms with Gasteiger partial charge in [0.2, 0.25) is 11.8 Å². The predicted molar refractivity (Wildman–Crippen MR) is 220 cm³/mol. The van der Waals surface area contributed by atoms with Crippen LogP contribution in [0.5, 0.6) is 0 Å². The molecular formula is C44H54N8O8. The van der Waals surface area contributed by atoms with Crippen LogP contribution < -0.4 is 10.6 Å². The molecule has 2 saturated carbocycles. The first-order valence-electron chi connectivity index (χ1n) is 20.7. The Balaban J connectivity index is 0.953. The monoisotopic (exact) mass is 822 g/mol. The second-order valence-corrected chi connectivity index (χ2v) is 16.5. The van der Waals surface area contributed by atoms with Crippen LogP contribution in [0.3, 0.4) is 0 Å². The van der Waals surface area contributed by atoms with E-state index in [0.29, 0.717) is 0 Å². The van der Waals surface area contributed by atoms with Gasteiger partial charge in [0.25, 0.3) is 0 Å². The molecule has 16 nitrogen and oxygen atoms in total. The minimum absolute atomic E-state index is 0.0676. The summed E-state index contributed by atoms with van der Waals surface area (Å²) in [6, 6.07) is 14.4. The van der Waals surface area contributed by atoms with Gasteiger partial charge in [-0.05, 0) is 86.5 Å². The first kappa shape index (κ1) is 41.0. The number of nitrogens with one attached hydrogen (secondary N) is 4. The van der Waals surface area contributed by atoms with Crippen molar-refractivity contribution in [3.05, 3.63) is 72.6 Å². The number of rotatable bonds is 13. The molecule has 0 spiro atoms. The molecule has 4 fully saturated rings. The number of carbonyl (C=O) groups is 4. The summed E-state index contributed by atoms with van der Waals surface area (Å²) >= 11 is 0. The summed E-state index contributed by atoms with van der Waals surface area (Å²) in [4.78, 5) is 72.8. The zero-order chi connectivity index (χ0) is 42.2. The second-order valence-electron chi connectivity index (χ2n) is 16.5. The van der Waals surface area contributed by atoms with Crippen molar-refractivity contribution in [1.29, 1.82) is 0 Å². The van der Waals surface area contributed by atoms with E-state index in [4.69, 9.17) is 28.9 Å². The van der Waals surface area contributed by atoms with Gasteiger partial charge in [-0.3, -0.25) is 9.59 Å². The molecule has 318 valence electrons. The van der Waals surface area contributed by atoms with Crippen LogP contribution in [0.2, 0.25) is 0 Å². The Bertz CT molecular complexity index is 2040. The molecule has 4 aromatic rings. The average molecular weight is 823 g/mol. The minimum Gasteiger partial charge on any atom is -0.453 e. The van der Waals surface area contributed by atoms with E-state index in [0.717, 1.165) is 83.8 Å². The van der Waals surface area contributed by atoms with E-state index in [1.807, 2.05) is 22.2 Å². The fourth-order valence-electron chi connectivity index (χ4n) is 9.99. The number of hydrogen-bond donors (Lipinski definition) is 4. The fraction of sp³-hybridized carbons (Fsp3) is 0.500. The van der Waals surface area contributed by atoms with E-state index in [2.05, 4.69) is 69.1 Å². The largest absolute Gasteiger partial charge is 0.453 e. The van der Waals surface area contributed by atoms with Crippen molar-refractivity contribution in [2.75, 3.05) is 28.4 Å². The quantitative estimate of drug-likeness (QED) is 0.129. The first-order valence-corrected chi connectivity index (χ1v) is 20.7. The molecule has 10 atom stereocenters. The van der Waals surface area contributed by atoms with Crippen molar-refractivity contribution in [3.8, 4) is 33.6 Å². The highest BCUT2D eigenvalue weighted by atomic mass is 16.5. The average Bonchev–Trinajstić information content (AvgIpc) is 4.16. The van der Waals surface area contributed by atoms with E-state index >= 15 is 0 Å². The van der Waals surface area contributed by atoms with Crippen LogP contribution >= 0.6 is 0 Å². The summed E-state index contributed by atoms with van der Waals surface area (Å²) < 4.78 is 20.6. The maximum atomic E-state index is 14.0. The van der Waals surface area contributed by atoms with Gasteiger partial charge < -0.3 is 49.3 Å². The van der Waals surface area contributed by atoms with Crippen LogP contribution in [0, 0.1) is 11.8 Å². The number of fused-ring (bicyclic) bond motifs is 4. The van der Waals surface area contributed by atoms with Crippen LogP contribution in [0.4, 0.5) is 9.59 Å². The molecule has 4 heterocycles. The van der Waals surface area contributed by atoms with E-state index < -0.39 is 36.5 Å². The Kier molecular flexibility index (Phi) is 11.7. The van der Waals surface area contributed by atoms with Gasteiger partial charge in [-0.2, -0.15) is 0 Å². The van der Waals surface area contributed by atoms with E-state index in [9.17, 15) is 19.2 Å². The number of amides is 4. The molecule has 0 radical (unpaired) electrons. The number of ether oxygens (including phenoxy) is 4. The van der Waals surface area contributed by atoms with Crippen molar-refractivity contribution >= 4 is 24.0 Å². The second kappa shape index (κ2) is 17.1. The summed E-state index contributed by atoms with van der Waals surface area (Å²) in [5.41, 5.74) is 5.74. The normalized spacial score (nSPS) is 24.8. The molecule has 2 aromatic carbocycles. The molecule has 2 aliphatic heterocycles. The SMILES string of the molecule is COC(=O)N[C@H](C(=O)N1[C@@H]2CC[C@@H](C2)[C@H]1c1ncc(-c2ccc(-c3ccc(-c4cnc([C@@H]5[C@H]6CC[C@H](C6)N5C(=O)[C@@H](NC(=O)OC)[C@@H](C)OC)[nH]4)cc3)cc2)[nH]1)[C@@H](C)OC. The van der Waals surface area contributed by atoms with Crippen molar-refractivity contribution < 1.29 is 38.1 Å². The first-order chi connectivity index (χ1) is 29.0. The highest BCUT2D eigenvalue weighted by Crippen LogP contribution is 2.51. The number of carbonyl (C=O) groups excluding carboxylic acids is 4. The molecular weight excluding hydrogens is 769 g/mol. The standard InChI is InChI=1S/C44H54N8O8/c1-23(57-3)35(49-43(55)59-5)41(53)51-31-17-15-29(19-31)37(51)39-45-21-33(47-39)27-11-7-25(8-12-27)26-9-13-28(14-10-26)34-22-46-40(48-34)38-30-16-18-32(20-30)52(38)42(54)36(24(2)58-4)50-44(56)60-6/h7-14,21-24,29-32,35-38H,15-20H2,1-6H3,(H,45,47)(H,46,48)(H,49,55)(H,50,56)/t23-,24-,29+,30+,31-,32-,35+,36+,37+,38+/m1/s1. The van der Waals surface area contributed by atoms with Crippen molar-refractivity contribution in [1.82, 2.24) is 40.4 Å². The lowest BCUT2D eigenvalue weighted by Crippen LogP contribution is -2.56. The highest BCUT2D eigenvalue weighted by molar-refractivity contribution is 5.88. The summed E-state index contributed by atoms with van der Waals surface area (Å²) in [5, 5.41) is 5.36. The molecule has 60 heavy (non-hydrogen) atoms. The Morgan fingerprint density at radius 2 is 0.967 bits per heavy atom. The van der Waals surface area contributed by atoms with Gasteiger partial charge in [0.15, 0.2) is 0 Å². The smallest absolute Gasteiger partial charge is 0.407 e. The van der Waals surface area contributed by atoms with Crippen molar-refractivity contribution in [3.63, 3.8) is 0 Å². The highest BCUT2D eigenvalue weighted by Gasteiger charge is 2.53. The molecule has 2 saturated heterocycles. The van der Waals surface area contributed by atoms with Crippen molar-refractivity contribution in [2.24, 2.45) is 11.8 Å². The Morgan fingerprint density at radius 3 is 1.32 bits per heavy atom. The number of H-pyrrole nitrogens is 2. The summed E-state index contributed by atoms with van der Waals surface area (Å²) in [6.07, 6.45) is 6.78. The number of benzene rings is 2. The van der Waals surface area contributed by atoms with Gasteiger partial charge in [0.1, 0.15) is 23.7 Å². The third kappa shape index (κ3) is 7.62. The Hall–Kier alpha value is -5.74. The predicted octanol–water partition coefficient (Wildman–Crippen LogP) is 5.76. The fourth-order valence-corrected chi connectivity index (χ4v) is 9.99. The van der Waals surface area contributed by atoms with E-state index in [1.54, 1.807) is 13.8 Å². The molecule has 4 aliphatic rings. The Labute approximate surface area is 349 Å². The number of likely N-dealkylation sites (tertiary alicyclic amines) is 2. The molecule has 16 heteroatoms. The summed E-state index contributed by atoms with van der Waals surface area (Å²) in [5.74, 6) is 1.59. The number of piperidine rings is 2. The van der Waals surface area contributed by atoms with Crippen LogP contribution in [0.1, 0.15) is 76.1 Å². The number of nitrogens with zero attached hydrogens (tertiary/aromatic N) is 4. The van der Waals surface area contributed by atoms with E-state index in [1.165, 1.54) is 28.4 Å². The third-order valence-corrected chi connectivity index (χ3v) is 13.3. The number of aromatic amines is 2. The maximum Gasteiger partial charge on any atom is 0.407 e. The molecule has 0 unspecified atom stereocenters. The topological polar surface area (TPSA) is 193 Å². The number of hydrogen-bond acceptors (Lipinski definition) is 10. The lowest BCUT2D eigenvalue weighted by atomic mass is 9.96. The number of aromatic nitrogens is 4. The van der Waals surface area contributed by atoms with Gasteiger partial charge in [0.05, 0.1) is 62.3 Å². The minimum atomic E-state index is -0.893. The van der Waals surface area contributed by atoms with Crippen LogP contribution in [0.25, 0.3) is 33.6 Å². The van der Waals surface area contributed by atoms with Crippen molar-refractivity contribution in [2.45, 2.75) is 101 Å². The number of imidazole rings is 2.